The van der Waals surface area contributed by atoms with Gasteiger partial charge >= 0.3 is 0 Å². The first-order valence-corrected chi connectivity index (χ1v) is 7.02. The number of nitrogens with one attached hydrogen (secondary N) is 1. The van der Waals surface area contributed by atoms with Crippen LogP contribution in [0.4, 0.5) is 5.69 Å². The maximum Gasteiger partial charge on any atom is 0.138 e. The van der Waals surface area contributed by atoms with Gasteiger partial charge in [-0.25, -0.2) is 4.98 Å². The van der Waals surface area contributed by atoms with Gasteiger partial charge in [-0.2, -0.15) is 0 Å². The Bertz CT molecular complexity index is 872. The highest BCUT2D eigenvalue weighted by atomic mass is 35.5. The van der Waals surface area contributed by atoms with Gasteiger partial charge in [0.1, 0.15) is 17.2 Å². The van der Waals surface area contributed by atoms with E-state index in [4.69, 9.17) is 5.41 Å². The second kappa shape index (κ2) is 6.95. The van der Waals surface area contributed by atoms with E-state index < -0.39 is 0 Å². The van der Waals surface area contributed by atoms with Crippen molar-refractivity contribution in [3.63, 3.8) is 0 Å². The van der Waals surface area contributed by atoms with E-state index in [1.807, 2.05) is 65.3 Å². The molecule has 1 aromatic carbocycles. The van der Waals surface area contributed by atoms with E-state index in [9.17, 15) is 5.11 Å². The van der Waals surface area contributed by atoms with E-state index in [-0.39, 0.29) is 36.4 Å². The van der Waals surface area contributed by atoms with Gasteiger partial charge in [0.15, 0.2) is 0 Å². The number of nitrogens with zero attached hydrogens (tertiary/aromatic N) is 3. The molecule has 0 amide bonds. The number of aromatic nitrogens is 2. The molecule has 0 radical (unpaired) electrons. The maximum absolute atomic E-state index is 10.3. The van der Waals surface area contributed by atoms with E-state index in [0.29, 0.717) is 17.8 Å². The summed E-state index contributed by atoms with van der Waals surface area (Å²) in [5, 5.41) is 18.7. The molecule has 2 N–H and O–H groups in total. The summed E-state index contributed by atoms with van der Waals surface area (Å²) in [6, 6.07) is 15.3. The minimum atomic E-state index is 0. The number of benzene rings is 1. The van der Waals surface area contributed by atoms with E-state index in [0.717, 1.165) is 11.3 Å². The third kappa shape index (κ3) is 2.84. The minimum Gasteiger partial charge on any atom is -0.510 e. The van der Waals surface area contributed by atoms with Gasteiger partial charge in [-0.3, -0.25) is 5.41 Å². The number of para-hydroxylation sites is 1. The lowest BCUT2D eigenvalue weighted by Gasteiger charge is -2.18. The Morgan fingerprint density at radius 1 is 1.00 bits per heavy atom. The number of anilines is 1. The molecule has 0 bridgehead atoms. The fraction of sp³-hybridized carbons (Fsp3) is 0.0588. The predicted octanol–water partition coefficient (Wildman–Crippen LogP) is 3.94. The highest BCUT2D eigenvalue weighted by Crippen LogP contribution is 2.30. The molecule has 5 nitrogen and oxygen atoms in total. The van der Waals surface area contributed by atoms with Gasteiger partial charge < -0.3 is 14.4 Å². The molecule has 1 aliphatic heterocycles. The number of halogens is 2. The number of hydrogen-bond donors (Lipinski definition) is 2. The highest BCUT2D eigenvalue weighted by molar-refractivity contribution is 6.30. The summed E-state index contributed by atoms with van der Waals surface area (Å²) >= 11 is 0. The van der Waals surface area contributed by atoms with Gasteiger partial charge in [0.05, 0.1) is 17.8 Å². The molecule has 0 fully saturated rings. The third-order valence-electron chi connectivity index (χ3n) is 3.79. The van der Waals surface area contributed by atoms with Crippen molar-refractivity contribution >= 4 is 47.6 Å². The van der Waals surface area contributed by atoms with E-state index in [1.54, 1.807) is 4.90 Å². The van der Waals surface area contributed by atoms with Crippen LogP contribution in [-0.2, 0) is 0 Å². The summed E-state index contributed by atoms with van der Waals surface area (Å²) in [5.41, 5.74) is 2.79. The van der Waals surface area contributed by atoms with Crippen LogP contribution in [0.1, 0.15) is 5.69 Å². The first-order valence-electron chi connectivity index (χ1n) is 7.02. The summed E-state index contributed by atoms with van der Waals surface area (Å²) < 4.78 is 1.88. The molecule has 3 aromatic rings. The number of pyridine rings is 1. The lowest BCUT2D eigenvalue weighted by Crippen LogP contribution is -2.25. The summed E-state index contributed by atoms with van der Waals surface area (Å²) in [7, 11) is 0. The van der Waals surface area contributed by atoms with Crippen LogP contribution in [0.5, 0.6) is 0 Å². The Morgan fingerprint density at radius 3 is 2.42 bits per heavy atom. The van der Waals surface area contributed by atoms with Crippen LogP contribution in [0.3, 0.4) is 0 Å². The van der Waals surface area contributed by atoms with Crippen LogP contribution in [-0.4, -0.2) is 26.9 Å². The smallest absolute Gasteiger partial charge is 0.138 e. The fourth-order valence-corrected chi connectivity index (χ4v) is 2.73. The Hall–Kier alpha value is -2.50. The van der Waals surface area contributed by atoms with Crippen molar-refractivity contribution in [3.05, 3.63) is 72.4 Å². The lowest BCUT2D eigenvalue weighted by molar-refractivity contribution is 0.411. The number of aliphatic hydroxyl groups is 1. The second-order valence-electron chi connectivity index (χ2n) is 5.18. The fourth-order valence-electron chi connectivity index (χ4n) is 2.73. The second-order valence-corrected chi connectivity index (χ2v) is 5.18. The van der Waals surface area contributed by atoms with Crippen LogP contribution in [0.2, 0.25) is 0 Å². The predicted molar refractivity (Wildman–Crippen MR) is 101 cm³/mol. The van der Waals surface area contributed by atoms with Crippen LogP contribution < -0.4 is 4.90 Å². The number of hydrogen-bond acceptors (Lipinski definition) is 3. The molecule has 0 atom stereocenters. The minimum absolute atomic E-state index is 0. The molecule has 24 heavy (non-hydrogen) atoms. The molecule has 0 saturated heterocycles. The average molecular weight is 363 g/mol. The molecule has 4 rings (SSSR count). The quantitative estimate of drug-likeness (QED) is 0.725. The monoisotopic (exact) mass is 362 g/mol. The van der Waals surface area contributed by atoms with Crippen LogP contribution in [0.25, 0.3) is 11.2 Å². The first kappa shape index (κ1) is 17.8. The van der Waals surface area contributed by atoms with E-state index in [2.05, 4.69) is 4.98 Å². The SMILES string of the molecule is Cl.Cl.N=C1C(c2cn3ccccc3n2)=C(O)CN1c1ccccc1. The molecule has 0 aliphatic carbocycles. The molecule has 7 heteroatoms. The van der Waals surface area contributed by atoms with Crippen molar-refractivity contribution in [2.24, 2.45) is 0 Å². The molecule has 3 heterocycles. The van der Waals surface area contributed by atoms with Crippen molar-refractivity contribution in [1.29, 1.82) is 5.41 Å². The van der Waals surface area contributed by atoms with Crippen molar-refractivity contribution in [2.75, 3.05) is 11.4 Å². The molecule has 124 valence electrons. The van der Waals surface area contributed by atoms with Crippen molar-refractivity contribution < 1.29 is 5.11 Å². The topological polar surface area (TPSA) is 64.6 Å². The Morgan fingerprint density at radius 2 is 1.71 bits per heavy atom. The summed E-state index contributed by atoms with van der Waals surface area (Å²) in [6.45, 7) is 0.298. The normalized spacial score (nSPS) is 13.8. The van der Waals surface area contributed by atoms with Crippen molar-refractivity contribution in [3.8, 4) is 0 Å². The van der Waals surface area contributed by atoms with Gasteiger partial charge in [0.25, 0.3) is 0 Å². The van der Waals surface area contributed by atoms with Crippen molar-refractivity contribution in [2.45, 2.75) is 0 Å². The standard InChI is InChI=1S/C17H14N4O.2ClH/c18-17-16(13-10-20-9-5-4-8-15(20)19-13)14(22)11-21(17)12-6-2-1-3-7-12;;/h1-10,18,22H,11H2;2*1H. The zero-order chi connectivity index (χ0) is 15.1. The molecular formula is C17H16Cl2N4O. The zero-order valence-corrected chi connectivity index (χ0v) is 14.2. The summed E-state index contributed by atoms with van der Waals surface area (Å²) in [6.07, 6.45) is 3.74. The molecular weight excluding hydrogens is 347 g/mol. The van der Waals surface area contributed by atoms with E-state index in [1.165, 1.54) is 0 Å². The van der Waals surface area contributed by atoms with Crippen LogP contribution in [0, 0.1) is 5.41 Å². The molecule has 1 aliphatic rings. The highest BCUT2D eigenvalue weighted by Gasteiger charge is 2.30. The molecule has 0 spiro atoms. The Balaban J connectivity index is 0.00000104. The largest absolute Gasteiger partial charge is 0.510 e. The molecule has 2 aromatic heterocycles. The van der Waals surface area contributed by atoms with Crippen LogP contribution >= 0.6 is 24.8 Å². The van der Waals surface area contributed by atoms with Gasteiger partial charge in [0, 0.05) is 18.1 Å². The zero-order valence-electron chi connectivity index (χ0n) is 12.6. The number of rotatable bonds is 2. The van der Waals surface area contributed by atoms with E-state index >= 15 is 0 Å². The maximum atomic E-state index is 10.3. The van der Waals surface area contributed by atoms with Gasteiger partial charge in [-0.05, 0) is 24.3 Å². The van der Waals surface area contributed by atoms with Crippen LogP contribution in [0.15, 0.2) is 66.7 Å². The van der Waals surface area contributed by atoms with Gasteiger partial charge in [-0.1, -0.05) is 24.3 Å². The summed E-state index contributed by atoms with van der Waals surface area (Å²) in [5.74, 6) is 0.448. The molecule has 0 saturated carbocycles. The Labute approximate surface area is 151 Å². The lowest BCUT2D eigenvalue weighted by atomic mass is 10.2. The summed E-state index contributed by atoms with van der Waals surface area (Å²) in [4.78, 5) is 6.27. The average Bonchev–Trinajstić information content (AvgIpc) is 3.08. The molecule has 0 unspecified atom stereocenters. The third-order valence-corrected chi connectivity index (χ3v) is 3.79. The van der Waals surface area contributed by atoms with Crippen molar-refractivity contribution in [1.82, 2.24) is 9.38 Å². The first-order chi connectivity index (χ1) is 10.7. The number of fused-ring (bicyclic) bond motifs is 1. The number of imidazole rings is 1. The van der Waals surface area contributed by atoms with Gasteiger partial charge in [0.2, 0.25) is 0 Å². The Kier molecular flexibility index (Phi) is 5.17. The van der Waals surface area contributed by atoms with Gasteiger partial charge in [-0.15, -0.1) is 24.8 Å². The number of aliphatic hydroxyl groups excluding tert-OH is 1. The number of amidine groups is 1.